The summed E-state index contributed by atoms with van der Waals surface area (Å²) in [5, 5.41) is 0. The molecule has 0 aromatic carbocycles. The minimum atomic E-state index is -0.237. The van der Waals surface area contributed by atoms with Crippen LogP contribution in [0, 0.1) is 0 Å². The van der Waals surface area contributed by atoms with Gasteiger partial charge in [-0.15, -0.1) is 6.58 Å². The third-order valence-electron chi connectivity index (χ3n) is 1.56. The number of ether oxygens (including phenoxy) is 1. The zero-order chi connectivity index (χ0) is 10.4. The lowest BCUT2D eigenvalue weighted by Gasteiger charge is -2.04. The highest BCUT2D eigenvalue weighted by atomic mass is 79.9. The van der Waals surface area contributed by atoms with Crippen molar-refractivity contribution in [3.8, 4) is 5.88 Å². The summed E-state index contributed by atoms with van der Waals surface area (Å²) < 4.78 is 5.63. The highest BCUT2D eigenvalue weighted by Crippen LogP contribution is 2.15. The van der Waals surface area contributed by atoms with Crippen LogP contribution in [0.1, 0.15) is 12.8 Å². The lowest BCUT2D eigenvalue weighted by Crippen LogP contribution is -2.10. The molecule has 0 aliphatic heterocycles. The van der Waals surface area contributed by atoms with Crippen LogP contribution < -0.4 is 10.3 Å². The van der Waals surface area contributed by atoms with E-state index >= 15 is 0 Å². The van der Waals surface area contributed by atoms with Gasteiger partial charge in [0.1, 0.15) is 4.47 Å². The molecule has 0 bridgehead atoms. The van der Waals surface area contributed by atoms with E-state index in [4.69, 9.17) is 4.74 Å². The van der Waals surface area contributed by atoms with Crippen molar-refractivity contribution in [2.75, 3.05) is 6.61 Å². The maximum Gasteiger partial charge on any atom is 0.268 e. The molecule has 0 saturated carbocycles. The second-order valence-electron chi connectivity index (χ2n) is 2.63. The summed E-state index contributed by atoms with van der Waals surface area (Å²) in [6, 6.07) is 0. The monoisotopic (exact) mass is 258 g/mol. The van der Waals surface area contributed by atoms with Crippen molar-refractivity contribution in [1.82, 2.24) is 9.97 Å². The standard InChI is InChI=1S/C9H11BrN2O2/c1-2-3-4-5-14-9-7(10)8(13)11-6-12-9/h2,6H,1,3-5H2,(H,11,12,13). The lowest BCUT2D eigenvalue weighted by molar-refractivity contribution is 0.297. The molecular weight excluding hydrogens is 248 g/mol. The zero-order valence-electron chi connectivity index (χ0n) is 7.62. The molecule has 0 amide bonds. The van der Waals surface area contributed by atoms with Crippen LogP contribution in [-0.2, 0) is 0 Å². The van der Waals surface area contributed by atoms with Crippen LogP contribution in [-0.4, -0.2) is 16.6 Å². The summed E-state index contributed by atoms with van der Waals surface area (Å²) in [5.74, 6) is 0.331. The van der Waals surface area contributed by atoms with Gasteiger partial charge in [-0.2, -0.15) is 0 Å². The molecule has 0 aliphatic carbocycles. The van der Waals surface area contributed by atoms with E-state index in [1.54, 1.807) is 0 Å². The van der Waals surface area contributed by atoms with Crippen molar-refractivity contribution in [2.24, 2.45) is 0 Å². The third-order valence-corrected chi connectivity index (χ3v) is 2.26. The van der Waals surface area contributed by atoms with Crippen LogP contribution in [0.2, 0.25) is 0 Å². The van der Waals surface area contributed by atoms with Gasteiger partial charge in [-0.3, -0.25) is 4.79 Å². The van der Waals surface area contributed by atoms with Crippen LogP contribution in [0.3, 0.4) is 0 Å². The number of nitrogens with one attached hydrogen (secondary N) is 1. The molecule has 1 aromatic heterocycles. The number of rotatable bonds is 5. The average molecular weight is 259 g/mol. The van der Waals surface area contributed by atoms with Gasteiger partial charge in [0.2, 0.25) is 5.88 Å². The summed E-state index contributed by atoms with van der Waals surface area (Å²) in [4.78, 5) is 17.4. The van der Waals surface area contributed by atoms with Crippen molar-refractivity contribution in [1.29, 1.82) is 0 Å². The summed E-state index contributed by atoms with van der Waals surface area (Å²) in [6.45, 7) is 4.13. The quantitative estimate of drug-likeness (QED) is 0.648. The number of hydrogen-bond donors (Lipinski definition) is 1. The molecule has 14 heavy (non-hydrogen) atoms. The van der Waals surface area contributed by atoms with Crippen LogP contribution in [0.5, 0.6) is 5.88 Å². The Morgan fingerprint density at radius 3 is 3.21 bits per heavy atom. The number of H-pyrrole nitrogens is 1. The number of aromatic nitrogens is 2. The number of halogens is 1. The summed E-state index contributed by atoms with van der Waals surface area (Å²) in [5.41, 5.74) is -0.237. The molecule has 0 unspecified atom stereocenters. The van der Waals surface area contributed by atoms with Gasteiger partial charge in [-0.05, 0) is 28.8 Å². The zero-order valence-corrected chi connectivity index (χ0v) is 9.21. The molecule has 1 heterocycles. The molecular formula is C9H11BrN2O2. The van der Waals surface area contributed by atoms with Crippen LogP contribution >= 0.6 is 15.9 Å². The molecule has 0 atom stereocenters. The van der Waals surface area contributed by atoms with E-state index < -0.39 is 0 Å². The van der Waals surface area contributed by atoms with Crippen LogP contribution in [0.15, 0.2) is 28.2 Å². The predicted molar refractivity (Wildman–Crippen MR) is 57.5 cm³/mol. The number of aromatic amines is 1. The summed E-state index contributed by atoms with van der Waals surface area (Å²) in [7, 11) is 0. The van der Waals surface area contributed by atoms with Gasteiger partial charge in [0, 0.05) is 0 Å². The number of unbranched alkanes of at least 4 members (excludes halogenated alkanes) is 1. The Bertz CT molecular complexity index is 362. The molecule has 1 rings (SSSR count). The fourth-order valence-corrected chi connectivity index (χ4v) is 1.20. The van der Waals surface area contributed by atoms with Crippen molar-refractivity contribution in [3.05, 3.63) is 33.8 Å². The van der Waals surface area contributed by atoms with Crippen molar-refractivity contribution < 1.29 is 4.74 Å². The fourth-order valence-electron chi connectivity index (χ4n) is 0.864. The third kappa shape index (κ3) is 2.99. The van der Waals surface area contributed by atoms with Crippen molar-refractivity contribution in [3.63, 3.8) is 0 Å². The molecule has 0 radical (unpaired) electrons. The van der Waals surface area contributed by atoms with Gasteiger partial charge in [0.05, 0.1) is 12.9 Å². The molecule has 1 aromatic rings. The Hall–Kier alpha value is -1.10. The maximum absolute atomic E-state index is 11.1. The first-order valence-electron chi connectivity index (χ1n) is 4.22. The van der Waals surface area contributed by atoms with Gasteiger partial charge in [-0.1, -0.05) is 6.08 Å². The molecule has 76 valence electrons. The predicted octanol–water partition coefficient (Wildman–Crippen LogP) is 1.88. The van der Waals surface area contributed by atoms with E-state index in [9.17, 15) is 4.79 Å². The van der Waals surface area contributed by atoms with E-state index in [0.717, 1.165) is 12.8 Å². The Labute approximate surface area is 90.1 Å². The van der Waals surface area contributed by atoms with E-state index in [-0.39, 0.29) is 5.56 Å². The van der Waals surface area contributed by atoms with Gasteiger partial charge in [0.25, 0.3) is 5.56 Å². The van der Waals surface area contributed by atoms with Gasteiger partial charge in [-0.25, -0.2) is 4.98 Å². The topological polar surface area (TPSA) is 55.0 Å². The molecule has 4 nitrogen and oxygen atoms in total. The normalized spacial score (nSPS) is 9.79. The molecule has 0 aliphatic rings. The Kier molecular flexibility index (Phi) is 4.39. The second-order valence-corrected chi connectivity index (χ2v) is 3.42. The highest BCUT2D eigenvalue weighted by Gasteiger charge is 2.05. The number of nitrogens with zero attached hydrogens (tertiary/aromatic N) is 1. The molecule has 0 fully saturated rings. The fraction of sp³-hybridized carbons (Fsp3) is 0.333. The van der Waals surface area contributed by atoms with E-state index in [1.807, 2.05) is 6.08 Å². The van der Waals surface area contributed by atoms with Gasteiger partial charge in [0.15, 0.2) is 0 Å². The minimum Gasteiger partial charge on any atom is -0.477 e. The Morgan fingerprint density at radius 1 is 1.71 bits per heavy atom. The smallest absolute Gasteiger partial charge is 0.268 e. The maximum atomic E-state index is 11.1. The van der Waals surface area contributed by atoms with E-state index in [0.29, 0.717) is 17.0 Å². The largest absolute Gasteiger partial charge is 0.477 e. The number of allylic oxidation sites excluding steroid dienone is 1. The SMILES string of the molecule is C=CCCCOc1nc[nH]c(=O)c1Br. The number of hydrogen-bond acceptors (Lipinski definition) is 3. The van der Waals surface area contributed by atoms with Crippen molar-refractivity contribution in [2.45, 2.75) is 12.8 Å². The average Bonchev–Trinajstić information content (AvgIpc) is 2.19. The molecule has 5 heteroatoms. The first kappa shape index (κ1) is 11.0. The molecule has 0 spiro atoms. The summed E-state index contributed by atoms with van der Waals surface area (Å²) in [6.07, 6.45) is 4.89. The van der Waals surface area contributed by atoms with Gasteiger partial charge < -0.3 is 9.72 Å². The second kappa shape index (κ2) is 5.59. The summed E-state index contributed by atoms with van der Waals surface area (Å²) >= 11 is 3.10. The Morgan fingerprint density at radius 2 is 2.50 bits per heavy atom. The first-order valence-corrected chi connectivity index (χ1v) is 5.02. The highest BCUT2D eigenvalue weighted by molar-refractivity contribution is 9.10. The first-order chi connectivity index (χ1) is 6.75. The Balaban J connectivity index is 2.54. The van der Waals surface area contributed by atoms with Crippen LogP contribution in [0.4, 0.5) is 0 Å². The van der Waals surface area contributed by atoms with E-state index in [1.165, 1.54) is 6.33 Å². The van der Waals surface area contributed by atoms with Gasteiger partial charge >= 0.3 is 0 Å². The molecule has 1 N–H and O–H groups in total. The molecule has 0 saturated heterocycles. The van der Waals surface area contributed by atoms with Crippen LogP contribution in [0.25, 0.3) is 0 Å². The van der Waals surface area contributed by atoms with Crippen molar-refractivity contribution >= 4 is 15.9 Å². The minimum absolute atomic E-state index is 0.237. The lowest BCUT2D eigenvalue weighted by atomic mass is 10.3. The van der Waals surface area contributed by atoms with E-state index in [2.05, 4.69) is 32.5 Å².